The number of quaternary nitrogens is 2. The number of rotatable bonds is 19. The molecule has 9 N–H and O–H groups in total. The number of benzene rings is 2. The number of aliphatic hydroxyl groups excluding tert-OH is 4. The van der Waals surface area contributed by atoms with E-state index < -0.39 is 15.1 Å². The first-order chi connectivity index (χ1) is 21.1. The lowest BCUT2D eigenvalue weighted by Gasteiger charge is -2.42. The van der Waals surface area contributed by atoms with Crippen LogP contribution in [0.1, 0.15) is 0 Å². The molecule has 3 rings (SSSR count). The molecule has 15 heteroatoms. The van der Waals surface area contributed by atoms with Gasteiger partial charge in [-0.1, -0.05) is 0 Å². The minimum Gasteiger partial charge on any atom is -0.633 e. The van der Waals surface area contributed by atoms with Gasteiger partial charge in [-0.15, -0.1) is 0 Å². The van der Waals surface area contributed by atoms with Gasteiger partial charge in [-0.05, 0) is 48.5 Å². The molecule has 44 heavy (non-hydrogen) atoms. The van der Waals surface area contributed by atoms with Crippen LogP contribution >= 0.6 is 0 Å². The Bertz CT molecular complexity index is 1290. The molecule has 0 unspecified atom stereocenters. The Balaban J connectivity index is 1.62. The molecule has 0 fully saturated rings. The standard InChI is InChI=1S/C29H42N8O7/c30-28-27(42)21-26(33-24-5-1-22(2-6-24)31-9-11-36(43,13-17-38)14-18-39)29(35-28)34-25-7-3-23(4-8-25)32-10-12-37(44,15-19-40)16-20-41/h1-8,21,31-33,38-41H,9-20H2,(H2,30,34,35). The fourth-order valence-electron chi connectivity index (χ4n) is 4.49. The second-order valence-electron chi connectivity index (χ2n) is 10.3. The average molecular weight is 615 g/mol. The Morgan fingerprint density at radius 2 is 1.14 bits per heavy atom. The van der Waals surface area contributed by atoms with Crippen LogP contribution in [0.25, 0.3) is 0 Å². The first kappa shape index (κ1) is 34.6. The van der Waals surface area contributed by atoms with E-state index in [9.17, 15) is 15.2 Å². The number of hydroxylamine groups is 6. The van der Waals surface area contributed by atoms with Crippen molar-refractivity contribution in [2.45, 2.75) is 0 Å². The average Bonchev–Trinajstić information content (AvgIpc) is 2.98. The van der Waals surface area contributed by atoms with Gasteiger partial charge in [0.1, 0.15) is 26.2 Å². The molecular formula is C29H42N8O7. The highest BCUT2D eigenvalue weighted by Crippen LogP contribution is 2.22. The van der Waals surface area contributed by atoms with Gasteiger partial charge in [0.05, 0.1) is 64.0 Å². The van der Waals surface area contributed by atoms with E-state index in [0.717, 1.165) is 11.4 Å². The molecule has 0 aromatic heterocycles. The number of hydrogen-bond acceptors (Lipinski definition) is 12. The summed E-state index contributed by atoms with van der Waals surface area (Å²) in [6, 6.07) is 14.2. The molecule has 1 aliphatic heterocycles. The van der Waals surface area contributed by atoms with E-state index in [-0.39, 0.29) is 77.4 Å². The van der Waals surface area contributed by atoms with Crippen molar-refractivity contribution in [2.24, 2.45) is 15.7 Å². The lowest BCUT2D eigenvalue weighted by molar-refractivity contribution is -0.879. The maximum absolute atomic E-state index is 12.6. The third-order valence-corrected chi connectivity index (χ3v) is 6.99. The third kappa shape index (κ3) is 10.7. The Labute approximate surface area is 256 Å². The molecule has 0 bridgehead atoms. The maximum atomic E-state index is 12.6. The zero-order chi connectivity index (χ0) is 32.0. The number of nitrogens with two attached hydrogens (primary N) is 1. The number of carbonyl (C=O) groups excluding carboxylic acids is 1. The smallest absolute Gasteiger partial charge is 0.222 e. The Morgan fingerprint density at radius 1 is 0.705 bits per heavy atom. The number of ketones is 1. The van der Waals surface area contributed by atoms with Gasteiger partial charge in [-0.3, -0.25) is 4.79 Å². The fraction of sp³-hybridized carbons (Fsp3) is 0.414. The maximum Gasteiger partial charge on any atom is 0.222 e. The highest BCUT2D eigenvalue weighted by atomic mass is 16.6. The van der Waals surface area contributed by atoms with E-state index in [1.165, 1.54) is 6.08 Å². The van der Waals surface area contributed by atoms with E-state index in [0.29, 0.717) is 30.2 Å². The predicted octanol–water partition coefficient (Wildman–Crippen LogP) is 0.0747. The summed E-state index contributed by atoms with van der Waals surface area (Å²) >= 11 is 0. The summed E-state index contributed by atoms with van der Waals surface area (Å²) in [4.78, 5) is 21.0. The molecule has 0 atom stereocenters. The second-order valence-corrected chi connectivity index (χ2v) is 10.3. The minimum atomic E-state index is -0.691. The summed E-state index contributed by atoms with van der Waals surface area (Å²) < 4.78 is -1.38. The van der Waals surface area contributed by atoms with Crippen LogP contribution in [0.4, 0.5) is 22.7 Å². The largest absolute Gasteiger partial charge is 0.633 e. The van der Waals surface area contributed by atoms with Crippen molar-refractivity contribution in [3.05, 3.63) is 70.7 Å². The first-order valence-corrected chi connectivity index (χ1v) is 14.3. The lowest BCUT2D eigenvalue weighted by Crippen LogP contribution is -2.49. The molecule has 0 saturated heterocycles. The van der Waals surface area contributed by atoms with Gasteiger partial charge in [0.25, 0.3) is 0 Å². The van der Waals surface area contributed by atoms with Crippen molar-refractivity contribution in [1.82, 2.24) is 0 Å². The molecule has 1 aliphatic rings. The number of anilines is 3. The molecule has 1 heterocycles. The Kier molecular flexibility index (Phi) is 13.2. The number of nitrogens with one attached hydrogen (secondary N) is 3. The van der Waals surface area contributed by atoms with E-state index in [1.807, 2.05) is 0 Å². The molecule has 0 spiro atoms. The third-order valence-electron chi connectivity index (χ3n) is 6.99. The minimum absolute atomic E-state index is 0.0105. The molecule has 15 nitrogen and oxygen atoms in total. The molecule has 240 valence electrons. The van der Waals surface area contributed by atoms with Gasteiger partial charge in [-0.25, -0.2) is 9.98 Å². The van der Waals surface area contributed by atoms with Crippen molar-refractivity contribution < 1.29 is 34.5 Å². The summed E-state index contributed by atoms with van der Waals surface area (Å²) in [6.45, 7) is 0.0769. The van der Waals surface area contributed by atoms with Gasteiger partial charge in [0.2, 0.25) is 5.78 Å². The molecule has 2 aromatic carbocycles. The van der Waals surface area contributed by atoms with Crippen LogP contribution in [0, 0.1) is 10.4 Å². The summed E-state index contributed by atoms with van der Waals surface area (Å²) in [6.07, 6.45) is 1.32. The normalized spacial score (nSPS) is 14.8. The van der Waals surface area contributed by atoms with Gasteiger partial charge in [-0.2, -0.15) is 0 Å². The highest BCUT2D eigenvalue weighted by molar-refractivity contribution is 6.47. The van der Waals surface area contributed by atoms with Gasteiger partial charge in [0, 0.05) is 23.1 Å². The number of nitrogens with zero attached hydrogens (tertiary/aromatic N) is 4. The molecule has 0 saturated carbocycles. The Hall–Kier alpha value is -3.93. The lowest BCUT2D eigenvalue weighted by atomic mass is 10.2. The van der Waals surface area contributed by atoms with Crippen LogP contribution in [0.15, 0.2) is 70.3 Å². The zero-order valence-corrected chi connectivity index (χ0v) is 24.6. The van der Waals surface area contributed by atoms with Crippen molar-refractivity contribution in [1.29, 1.82) is 0 Å². The summed E-state index contributed by atoms with van der Waals surface area (Å²) in [5.41, 5.74) is 8.86. The number of amidine groups is 2. The van der Waals surface area contributed by atoms with Gasteiger partial charge < -0.3 is 61.8 Å². The predicted molar refractivity (Wildman–Crippen MR) is 170 cm³/mol. The SMILES string of the molecule is NC1=NC(=Nc2ccc(NCC[N+]([O-])(CCO)CCO)cc2)C(Nc2ccc(NCC[N+]([O-])(CCO)CCO)cc2)=CC1=O. The monoisotopic (exact) mass is 614 g/mol. The first-order valence-electron chi connectivity index (χ1n) is 14.3. The summed E-state index contributed by atoms with van der Waals surface area (Å²) in [5, 5.41) is 71.2. The number of dihydropyridines is 1. The highest BCUT2D eigenvalue weighted by Gasteiger charge is 2.20. The molecule has 2 aromatic rings. The van der Waals surface area contributed by atoms with E-state index in [4.69, 9.17) is 26.2 Å². The van der Waals surface area contributed by atoms with Gasteiger partial charge >= 0.3 is 0 Å². The van der Waals surface area contributed by atoms with E-state index >= 15 is 0 Å². The number of carbonyl (C=O) groups is 1. The zero-order valence-electron chi connectivity index (χ0n) is 24.6. The van der Waals surface area contributed by atoms with Crippen molar-refractivity contribution in [2.75, 3.05) is 94.7 Å². The number of hydrogen-bond donors (Lipinski definition) is 8. The second kappa shape index (κ2) is 16.8. The van der Waals surface area contributed by atoms with E-state index in [2.05, 4.69) is 25.9 Å². The number of aliphatic hydroxyl groups is 4. The van der Waals surface area contributed by atoms with Crippen LogP contribution in [-0.4, -0.2) is 126 Å². The fourth-order valence-corrected chi connectivity index (χ4v) is 4.49. The molecule has 0 amide bonds. The molecule has 0 radical (unpaired) electrons. The molecular weight excluding hydrogens is 572 g/mol. The summed E-state index contributed by atoms with van der Waals surface area (Å²) in [5.74, 6) is -0.430. The quantitative estimate of drug-likeness (QED) is 0.0779. The van der Waals surface area contributed by atoms with Crippen LogP contribution in [-0.2, 0) is 4.79 Å². The van der Waals surface area contributed by atoms with Crippen molar-refractivity contribution in [3.8, 4) is 0 Å². The Morgan fingerprint density at radius 3 is 1.59 bits per heavy atom. The van der Waals surface area contributed by atoms with Gasteiger partial charge in [0.15, 0.2) is 11.7 Å². The van der Waals surface area contributed by atoms with Crippen LogP contribution in [0.2, 0.25) is 0 Å². The van der Waals surface area contributed by atoms with Crippen LogP contribution in [0.3, 0.4) is 0 Å². The number of aliphatic imine (C=N–C) groups is 2. The van der Waals surface area contributed by atoms with E-state index in [1.54, 1.807) is 48.5 Å². The molecule has 0 aliphatic carbocycles. The van der Waals surface area contributed by atoms with Crippen LogP contribution in [0.5, 0.6) is 0 Å². The van der Waals surface area contributed by atoms with Crippen molar-refractivity contribution in [3.63, 3.8) is 0 Å². The summed E-state index contributed by atoms with van der Waals surface area (Å²) in [7, 11) is 0. The van der Waals surface area contributed by atoms with Crippen LogP contribution < -0.4 is 21.7 Å². The van der Waals surface area contributed by atoms with Crippen molar-refractivity contribution >= 4 is 40.2 Å². The topological polar surface area (TPSA) is 231 Å².